The summed E-state index contributed by atoms with van der Waals surface area (Å²) in [5.74, 6) is 0.358. The number of fused-ring (bicyclic) bond motifs is 2. The van der Waals surface area contributed by atoms with Gasteiger partial charge in [-0.05, 0) is 37.3 Å². The molecule has 9 nitrogen and oxygen atoms in total. The van der Waals surface area contributed by atoms with E-state index in [2.05, 4.69) is 30.2 Å². The number of pyridine rings is 2. The van der Waals surface area contributed by atoms with Gasteiger partial charge in [0.15, 0.2) is 0 Å². The van der Waals surface area contributed by atoms with Crippen molar-refractivity contribution in [2.75, 3.05) is 11.4 Å². The van der Waals surface area contributed by atoms with E-state index >= 15 is 0 Å². The Hall–Kier alpha value is -4.15. The van der Waals surface area contributed by atoms with Crippen LogP contribution in [0.1, 0.15) is 40.8 Å². The monoisotopic (exact) mass is 448 g/mol. The standard InChI is InChI=1S/C22H18F2N8O/c1-12-13(4-2-7-25-12)21-28-29-22(33-21)31-9-6-15-18(27-11-26-15)19(31)16-10-17-14(20(23)24)5-3-8-32(17)30-16/h2-5,7-8,10-11,19-20H,6,9H2,1H3,(H,26,27)/t19-/m0/s1. The van der Waals surface area contributed by atoms with Crippen molar-refractivity contribution in [2.45, 2.75) is 25.8 Å². The van der Waals surface area contributed by atoms with Crippen molar-refractivity contribution in [2.24, 2.45) is 0 Å². The first-order valence-electron chi connectivity index (χ1n) is 10.4. The van der Waals surface area contributed by atoms with Crippen LogP contribution in [0.2, 0.25) is 0 Å². The SMILES string of the molecule is Cc1ncccc1-c1nnc(N2CCc3[nH]cnc3[C@@H]2c2cc3c(C(F)F)cccn3n2)o1. The van der Waals surface area contributed by atoms with E-state index in [1.165, 1.54) is 10.6 Å². The van der Waals surface area contributed by atoms with Gasteiger partial charge < -0.3 is 14.3 Å². The number of anilines is 1. The fraction of sp³-hybridized carbons (Fsp3) is 0.227. The summed E-state index contributed by atoms with van der Waals surface area (Å²) >= 11 is 0. The molecule has 0 spiro atoms. The Balaban J connectivity index is 1.46. The molecule has 5 aromatic heterocycles. The zero-order chi connectivity index (χ0) is 22.5. The van der Waals surface area contributed by atoms with Crippen molar-refractivity contribution in [3.8, 4) is 11.5 Å². The number of nitrogens with one attached hydrogen (secondary N) is 1. The van der Waals surface area contributed by atoms with Crippen LogP contribution >= 0.6 is 0 Å². The highest BCUT2D eigenvalue weighted by Gasteiger charge is 2.36. The van der Waals surface area contributed by atoms with E-state index in [4.69, 9.17) is 4.42 Å². The molecule has 5 aromatic rings. The summed E-state index contributed by atoms with van der Waals surface area (Å²) in [6.45, 7) is 2.43. The van der Waals surface area contributed by atoms with E-state index in [9.17, 15) is 8.78 Å². The summed E-state index contributed by atoms with van der Waals surface area (Å²) in [6.07, 6.45) is 3.06. The molecule has 1 atom stereocenters. The molecule has 0 fully saturated rings. The maximum atomic E-state index is 13.6. The highest BCUT2D eigenvalue weighted by Crippen LogP contribution is 2.38. The molecule has 0 bridgehead atoms. The van der Waals surface area contributed by atoms with Crippen LogP contribution in [0.25, 0.3) is 17.0 Å². The molecule has 33 heavy (non-hydrogen) atoms. The van der Waals surface area contributed by atoms with E-state index in [0.29, 0.717) is 36.1 Å². The minimum absolute atomic E-state index is 0.0759. The van der Waals surface area contributed by atoms with Gasteiger partial charge in [-0.15, -0.1) is 5.10 Å². The van der Waals surface area contributed by atoms with Gasteiger partial charge in [0.05, 0.1) is 28.8 Å². The maximum absolute atomic E-state index is 13.6. The van der Waals surface area contributed by atoms with Gasteiger partial charge in [-0.3, -0.25) is 4.98 Å². The number of halogens is 2. The summed E-state index contributed by atoms with van der Waals surface area (Å²) in [4.78, 5) is 13.9. The summed E-state index contributed by atoms with van der Waals surface area (Å²) in [7, 11) is 0. The van der Waals surface area contributed by atoms with Gasteiger partial charge in [0.25, 0.3) is 12.3 Å². The van der Waals surface area contributed by atoms with Crippen LogP contribution in [-0.4, -0.2) is 41.3 Å². The van der Waals surface area contributed by atoms with E-state index < -0.39 is 12.5 Å². The second-order valence-corrected chi connectivity index (χ2v) is 7.80. The molecule has 0 aromatic carbocycles. The van der Waals surface area contributed by atoms with Crippen molar-refractivity contribution < 1.29 is 13.2 Å². The number of H-pyrrole nitrogens is 1. The molecule has 0 saturated carbocycles. The molecular weight excluding hydrogens is 430 g/mol. The third-order valence-corrected chi connectivity index (χ3v) is 5.89. The third-order valence-electron chi connectivity index (χ3n) is 5.89. The van der Waals surface area contributed by atoms with Gasteiger partial charge in [-0.2, -0.15) is 5.10 Å². The summed E-state index contributed by atoms with van der Waals surface area (Å²) in [6, 6.07) is 8.14. The third kappa shape index (κ3) is 3.15. The molecule has 1 aliphatic heterocycles. The highest BCUT2D eigenvalue weighted by molar-refractivity contribution is 5.59. The van der Waals surface area contributed by atoms with Gasteiger partial charge in [0.1, 0.15) is 6.04 Å². The number of aromatic amines is 1. The Morgan fingerprint density at radius 2 is 2.09 bits per heavy atom. The van der Waals surface area contributed by atoms with Crippen LogP contribution < -0.4 is 4.90 Å². The lowest BCUT2D eigenvalue weighted by atomic mass is 10.00. The number of alkyl halides is 2. The highest BCUT2D eigenvalue weighted by atomic mass is 19.3. The molecule has 1 N–H and O–H groups in total. The summed E-state index contributed by atoms with van der Waals surface area (Å²) in [5.41, 5.74) is 4.08. The second kappa shape index (κ2) is 7.47. The normalized spacial score (nSPS) is 16.0. The Bertz CT molecular complexity index is 1460. The zero-order valence-electron chi connectivity index (χ0n) is 17.5. The molecule has 166 valence electrons. The summed E-state index contributed by atoms with van der Waals surface area (Å²) in [5, 5.41) is 13.1. The van der Waals surface area contributed by atoms with Crippen LogP contribution in [-0.2, 0) is 6.42 Å². The molecule has 0 saturated heterocycles. The Kier molecular flexibility index (Phi) is 4.42. The predicted molar refractivity (Wildman–Crippen MR) is 114 cm³/mol. The minimum atomic E-state index is -2.61. The molecule has 6 rings (SSSR count). The van der Waals surface area contributed by atoms with Crippen LogP contribution in [0.15, 0.2) is 53.5 Å². The van der Waals surface area contributed by atoms with Crippen molar-refractivity contribution >= 4 is 11.5 Å². The largest absolute Gasteiger partial charge is 0.403 e. The number of imidazole rings is 1. The quantitative estimate of drug-likeness (QED) is 0.445. The lowest BCUT2D eigenvalue weighted by molar-refractivity contribution is 0.152. The average Bonchev–Trinajstić information content (AvgIpc) is 3.56. The smallest absolute Gasteiger partial charge is 0.319 e. The summed E-state index contributed by atoms with van der Waals surface area (Å²) < 4.78 is 34.6. The van der Waals surface area contributed by atoms with Gasteiger partial charge in [0, 0.05) is 42.3 Å². The molecular formula is C22H18F2N8O. The fourth-order valence-corrected chi connectivity index (χ4v) is 4.31. The number of aryl methyl sites for hydroxylation is 1. The molecule has 6 heterocycles. The van der Waals surface area contributed by atoms with Crippen molar-refractivity contribution in [3.05, 3.63) is 77.4 Å². The fourth-order valence-electron chi connectivity index (χ4n) is 4.31. The topological polar surface area (TPSA) is 101 Å². The van der Waals surface area contributed by atoms with Crippen LogP contribution in [0, 0.1) is 6.92 Å². The van der Waals surface area contributed by atoms with E-state index in [1.54, 1.807) is 30.9 Å². The van der Waals surface area contributed by atoms with Gasteiger partial charge in [-0.25, -0.2) is 18.3 Å². The van der Waals surface area contributed by atoms with E-state index in [0.717, 1.165) is 22.6 Å². The minimum Gasteiger partial charge on any atom is -0.403 e. The molecule has 0 radical (unpaired) electrons. The van der Waals surface area contributed by atoms with E-state index in [-0.39, 0.29) is 5.56 Å². The Labute approximate surface area is 186 Å². The van der Waals surface area contributed by atoms with Gasteiger partial charge in [0.2, 0.25) is 0 Å². The number of hydrogen-bond donors (Lipinski definition) is 1. The molecule has 1 aliphatic rings. The van der Waals surface area contributed by atoms with Gasteiger partial charge >= 0.3 is 6.01 Å². The lowest BCUT2D eigenvalue weighted by Crippen LogP contribution is -2.36. The Morgan fingerprint density at radius 3 is 2.94 bits per heavy atom. The number of hydrogen-bond acceptors (Lipinski definition) is 7. The first-order chi connectivity index (χ1) is 16.1. The average molecular weight is 448 g/mol. The molecule has 11 heteroatoms. The van der Waals surface area contributed by atoms with Crippen LogP contribution in [0.3, 0.4) is 0 Å². The molecule has 0 aliphatic carbocycles. The number of nitrogens with zero attached hydrogens (tertiary/aromatic N) is 7. The number of rotatable bonds is 4. The van der Waals surface area contributed by atoms with Crippen molar-refractivity contribution in [1.82, 2.24) is 34.8 Å². The van der Waals surface area contributed by atoms with Crippen molar-refractivity contribution in [3.63, 3.8) is 0 Å². The molecule has 0 unspecified atom stereocenters. The first-order valence-corrected chi connectivity index (χ1v) is 10.4. The first kappa shape index (κ1) is 19.5. The Morgan fingerprint density at radius 1 is 1.18 bits per heavy atom. The number of aromatic nitrogens is 7. The zero-order valence-corrected chi connectivity index (χ0v) is 17.5. The van der Waals surface area contributed by atoms with E-state index in [1.807, 2.05) is 24.0 Å². The van der Waals surface area contributed by atoms with Gasteiger partial charge in [-0.1, -0.05) is 5.10 Å². The molecule has 0 amide bonds. The van der Waals surface area contributed by atoms with Crippen molar-refractivity contribution in [1.29, 1.82) is 0 Å². The lowest BCUT2D eigenvalue weighted by Gasteiger charge is -2.32. The predicted octanol–water partition coefficient (Wildman–Crippen LogP) is 3.90. The second-order valence-electron chi connectivity index (χ2n) is 7.80. The van der Waals surface area contributed by atoms with Crippen LogP contribution in [0.4, 0.5) is 14.8 Å². The van der Waals surface area contributed by atoms with Crippen LogP contribution in [0.5, 0.6) is 0 Å². The maximum Gasteiger partial charge on any atom is 0.319 e.